The zero-order valence-corrected chi connectivity index (χ0v) is 42.6. The van der Waals surface area contributed by atoms with E-state index in [1.165, 1.54) is 33.4 Å². The molecule has 6 heteroatoms. The van der Waals surface area contributed by atoms with E-state index in [-0.39, 0.29) is 12.0 Å². The summed E-state index contributed by atoms with van der Waals surface area (Å²) in [5.41, 5.74) is 13.4. The maximum atomic E-state index is 7.16. The van der Waals surface area contributed by atoms with E-state index in [1.54, 1.807) is 0 Å². The van der Waals surface area contributed by atoms with Gasteiger partial charge in [-0.1, -0.05) is 172 Å². The Balaban J connectivity index is 1.32. The third kappa shape index (κ3) is 8.81. The number of fused-ring (bicyclic) bond motifs is 11. The van der Waals surface area contributed by atoms with Crippen molar-refractivity contribution in [3.8, 4) is 45.3 Å². The summed E-state index contributed by atoms with van der Waals surface area (Å²) in [6.07, 6.45) is 13.0. The Morgan fingerprint density at radius 1 is 0.545 bits per heavy atom. The normalized spacial score (nSPS) is 17.8. The average molecular weight is 1010 g/mol. The summed E-state index contributed by atoms with van der Waals surface area (Å²) in [5.74, 6) is 4.62. The molecule has 1 spiro atoms. The molecule has 0 saturated carbocycles. The summed E-state index contributed by atoms with van der Waals surface area (Å²) in [7, 11) is 0. The smallest absolute Gasteiger partial charge is 0.162 e. The summed E-state index contributed by atoms with van der Waals surface area (Å²) in [4.78, 5) is 0. The first-order chi connectivity index (χ1) is 32.0. The molecule has 6 aromatic rings. The van der Waals surface area contributed by atoms with Crippen LogP contribution in [0.25, 0.3) is 46.6 Å². The standard InChI is InChI=1S/C60H62Br2O4/c1-8-37(5)34-63-55-30-49-50-31-58-57(65-36-44(11-4)59(66-58)39(7)10-3)33-54(50)60(53(49)32-56(55)64-35-38(6)9-2)51-28-42(14-12-40-16-22-45(61)23-17-40)20-26-47(51)48-27-21-43(29-52(48)60)15-13-41-18-24-46(62)25-19-41/h12-33,37-39,44,59H,8-11,34-36H2,1-7H3/b14-12+,15-13+. The number of ether oxygens (including phenoxy) is 4. The van der Waals surface area contributed by atoms with Crippen LogP contribution < -0.4 is 18.9 Å². The Morgan fingerprint density at radius 3 is 1.53 bits per heavy atom. The van der Waals surface area contributed by atoms with E-state index in [0.29, 0.717) is 37.6 Å². The molecule has 3 aliphatic rings. The van der Waals surface area contributed by atoms with Gasteiger partial charge in [-0.3, -0.25) is 0 Å². The second-order valence-corrected chi connectivity index (χ2v) is 20.7. The minimum absolute atomic E-state index is 0.0490. The first kappa shape index (κ1) is 46.1. The highest BCUT2D eigenvalue weighted by Gasteiger charge is 2.53. The maximum Gasteiger partial charge on any atom is 0.162 e. The lowest BCUT2D eigenvalue weighted by atomic mass is 9.70. The molecule has 4 nitrogen and oxygen atoms in total. The third-order valence-corrected chi connectivity index (χ3v) is 15.5. The van der Waals surface area contributed by atoms with Gasteiger partial charge >= 0.3 is 0 Å². The summed E-state index contributed by atoms with van der Waals surface area (Å²) in [6.45, 7) is 17.6. The second-order valence-electron chi connectivity index (χ2n) is 18.9. The fourth-order valence-electron chi connectivity index (χ4n) is 9.84. The highest BCUT2D eigenvalue weighted by molar-refractivity contribution is 9.10. The first-order valence-corrected chi connectivity index (χ1v) is 25.7. The lowest BCUT2D eigenvalue weighted by molar-refractivity contribution is 0.0714. The van der Waals surface area contributed by atoms with Gasteiger partial charge in [0.25, 0.3) is 0 Å². The summed E-state index contributed by atoms with van der Waals surface area (Å²) < 4.78 is 29.9. The van der Waals surface area contributed by atoms with Crippen LogP contribution in [-0.4, -0.2) is 25.9 Å². The summed E-state index contributed by atoms with van der Waals surface area (Å²) in [6, 6.07) is 40.1. The van der Waals surface area contributed by atoms with E-state index >= 15 is 0 Å². The average Bonchev–Trinajstić information content (AvgIpc) is 3.69. The van der Waals surface area contributed by atoms with Gasteiger partial charge in [0.15, 0.2) is 23.0 Å². The molecule has 0 bridgehead atoms. The molecular weight excluding hydrogens is 944 g/mol. The fourth-order valence-corrected chi connectivity index (χ4v) is 10.4. The van der Waals surface area contributed by atoms with Crippen molar-refractivity contribution in [3.05, 3.63) is 163 Å². The van der Waals surface area contributed by atoms with Gasteiger partial charge in [-0.15, -0.1) is 0 Å². The van der Waals surface area contributed by atoms with Crippen molar-refractivity contribution in [2.24, 2.45) is 23.7 Å². The third-order valence-electron chi connectivity index (χ3n) is 14.5. The van der Waals surface area contributed by atoms with Crippen LogP contribution in [-0.2, 0) is 5.41 Å². The van der Waals surface area contributed by atoms with Crippen molar-refractivity contribution in [3.63, 3.8) is 0 Å². The minimum atomic E-state index is -0.715. The molecule has 0 radical (unpaired) electrons. The molecule has 0 saturated heterocycles. The zero-order valence-electron chi connectivity index (χ0n) is 39.4. The van der Waals surface area contributed by atoms with Gasteiger partial charge in [0.2, 0.25) is 0 Å². The number of rotatable bonds is 15. The molecule has 340 valence electrons. The number of hydrogen-bond acceptors (Lipinski definition) is 4. The Kier molecular flexibility index (Phi) is 13.7. The van der Waals surface area contributed by atoms with Crippen LogP contribution in [0.5, 0.6) is 23.0 Å². The van der Waals surface area contributed by atoms with Crippen LogP contribution in [0.3, 0.4) is 0 Å². The highest BCUT2D eigenvalue weighted by Crippen LogP contribution is 2.65. The van der Waals surface area contributed by atoms with Crippen LogP contribution in [0.15, 0.2) is 118 Å². The van der Waals surface area contributed by atoms with E-state index in [9.17, 15) is 0 Å². The van der Waals surface area contributed by atoms with Gasteiger partial charge < -0.3 is 18.9 Å². The Bertz CT molecular complexity index is 2660. The number of benzene rings is 6. The molecule has 2 aliphatic carbocycles. The van der Waals surface area contributed by atoms with Gasteiger partial charge in [-0.05, 0) is 152 Å². The van der Waals surface area contributed by atoms with Gasteiger partial charge in [0.05, 0.1) is 25.2 Å². The molecular formula is C60H62Br2O4. The Morgan fingerprint density at radius 2 is 1.02 bits per heavy atom. The predicted molar refractivity (Wildman–Crippen MR) is 282 cm³/mol. The molecule has 0 fully saturated rings. The zero-order chi connectivity index (χ0) is 46.1. The molecule has 0 aromatic heterocycles. The summed E-state index contributed by atoms with van der Waals surface area (Å²) in [5, 5.41) is 0. The van der Waals surface area contributed by atoms with E-state index < -0.39 is 5.41 Å². The van der Waals surface area contributed by atoms with E-state index in [1.807, 2.05) is 0 Å². The van der Waals surface area contributed by atoms with Crippen molar-refractivity contribution in [1.82, 2.24) is 0 Å². The molecule has 66 heavy (non-hydrogen) atoms. The van der Waals surface area contributed by atoms with Gasteiger partial charge in [0, 0.05) is 14.9 Å². The summed E-state index contributed by atoms with van der Waals surface area (Å²) >= 11 is 7.22. The minimum Gasteiger partial charge on any atom is -0.489 e. The SMILES string of the molecule is CCC(C)COc1cc2c(cc1OCC(C)CC)C1(c3cc(/C=C/c4ccc(Br)cc4)ccc3-c3ccc(/C=C/c4ccc(Br)cc4)cc31)c1cc3c(cc1-2)OC(C(C)CC)C(CC)CO3. The number of halogens is 2. The topological polar surface area (TPSA) is 36.9 Å². The van der Waals surface area contributed by atoms with Crippen molar-refractivity contribution in [1.29, 1.82) is 0 Å². The monoisotopic (exact) mass is 1000 g/mol. The second kappa shape index (κ2) is 19.7. The first-order valence-electron chi connectivity index (χ1n) is 24.1. The van der Waals surface area contributed by atoms with Crippen LogP contribution in [0.2, 0.25) is 0 Å². The van der Waals surface area contributed by atoms with Crippen LogP contribution >= 0.6 is 31.9 Å². The Hall–Kier alpha value is -5.04. The van der Waals surface area contributed by atoms with E-state index in [2.05, 4.69) is 214 Å². The molecule has 0 amide bonds. The van der Waals surface area contributed by atoms with Gasteiger partial charge in [-0.2, -0.15) is 0 Å². The Labute approximate surface area is 409 Å². The van der Waals surface area contributed by atoms with E-state index in [4.69, 9.17) is 18.9 Å². The highest BCUT2D eigenvalue weighted by atomic mass is 79.9. The van der Waals surface area contributed by atoms with E-state index in [0.717, 1.165) is 91.0 Å². The largest absolute Gasteiger partial charge is 0.489 e. The van der Waals surface area contributed by atoms with Crippen molar-refractivity contribution in [2.75, 3.05) is 19.8 Å². The van der Waals surface area contributed by atoms with Crippen LogP contribution in [0.1, 0.15) is 119 Å². The molecule has 1 aliphatic heterocycles. The molecule has 5 atom stereocenters. The van der Waals surface area contributed by atoms with Gasteiger partial charge in [0.1, 0.15) is 6.10 Å². The maximum absolute atomic E-state index is 7.16. The van der Waals surface area contributed by atoms with Crippen LogP contribution in [0.4, 0.5) is 0 Å². The quantitative estimate of drug-likeness (QED) is 0.0959. The molecule has 5 unspecified atom stereocenters. The number of hydrogen-bond donors (Lipinski definition) is 0. The van der Waals surface area contributed by atoms with Gasteiger partial charge in [-0.25, -0.2) is 0 Å². The molecule has 6 aromatic carbocycles. The predicted octanol–water partition coefficient (Wildman–Crippen LogP) is 17.0. The van der Waals surface area contributed by atoms with Crippen molar-refractivity contribution < 1.29 is 18.9 Å². The van der Waals surface area contributed by atoms with Crippen molar-refractivity contribution in [2.45, 2.75) is 85.7 Å². The fraction of sp³-hybridized carbons (Fsp3) is 0.333. The van der Waals surface area contributed by atoms with Crippen LogP contribution in [0, 0.1) is 23.7 Å². The molecule has 0 N–H and O–H groups in total. The lowest BCUT2D eigenvalue weighted by Crippen LogP contribution is -2.34. The van der Waals surface area contributed by atoms with Crippen molar-refractivity contribution >= 4 is 56.2 Å². The lowest BCUT2D eigenvalue weighted by Gasteiger charge is -2.32. The molecule has 1 heterocycles. The molecule has 9 rings (SSSR count).